The van der Waals surface area contributed by atoms with E-state index in [0.717, 1.165) is 24.5 Å². The molecule has 0 spiro atoms. The topological polar surface area (TPSA) is 41.1 Å². The van der Waals surface area contributed by atoms with Crippen LogP contribution in [0.3, 0.4) is 0 Å². The first kappa shape index (κ1) is 12.8. The summed E-state index contributed by atoms with van der Waals surface area (Å²) in [6.07, 6.45) is 1.05. The summed E-state index contributed by atoms with van der Waals surface area (Å²) in [6, 6.07) is 6.27. The van der Waals surface area contributed by atoms with Crippen molar-refractivity contribution in [2.24, 2.45) is 0 Å². The Balaban J connectivity index is 2.03. The lowest BCUT2D eigenvalue weighted by Gasteiger charge is -2.18. The van der Waals surface area contributed by atoms with E-state index < -0.39 is 0 Å². The Bertz CT molecular complexity index is 496. The van der Waals surface area contributed by atoms with Crippen LogP contribution in [0, 0.1) is 6.92 Å². The van der Waals surface area contributed by atoms with Gasteiger partial charge in [-0.15, -0.1) is 11.3 Å². The van der Waals surface area contributed by atoms with Crippen molar-refractivity contribution in [3.05, 3.63) is 34.2 Å². The maximum Gasteiger partial charge on any atom is 0.224 e. The van der Waals surface area contributed by atoms with Crippen molar-refractivity contribution in [1.29, 1.82) is 0 Å². The fraction of sp³-hybridized carbons (Fsp3) is 0.385. The van der Waals surface area contributed by atoms with Gasteiger partial charge in [-0.25, -0.2) is 4.98 Å². The molecule has 0 bridgehead atoms. The minimum absolute atomic E-state index is 0.674. The minimum atomic E-state index is 0.674. The molecule has 0 saturated heterocycles. The van der Waals surface area contributed by atoms with Crippen molar-refractivity contribution in [3.8, 4) is 0 Å². The smallest absolute Gasteiger partial charge is 0.224 e. The molecule has 2 aromatic rings. The average molecular weight is 262 g/mol. The predicted octanol–water partition coefficient (Wildman–Crippen LogP) is 2.57. The summed E-state index contributed by atoms with van der Waals surface area (Å²) in [5, 5.41) is 5.10. The van der Waals surface area contributed by atoms with Gasteiger partial charge in [0, 0.05) is 37.3 Å². The first-order valence-electron chi connectivity index (χ1n) is 5.96. The lowest BCUT2D eigenvalue weighted by molar-refractivity contribution is 0.862. The lowest BCUT2D eigenvalue weighted by atomic mass is 10.3. The van der Waals surface area contributed by atoms with Gasteiger partial charge in [0.25, 0.3) is 0 Å². The van der Waals surface area contributed by atoms with Gasteiger partial charge < -0.3 is 10.2 Å². The summed E-state index contributed by atoms with van der Waals surface area (Å²) in [4.78, 5) is 12.3. The molecule has 2 heterocycles. The molecule has 0 fully saturated rings. The van der Waals surface area contributed by atoms with Crippen LogP contribution in [0.15, 0.2) is 23.6 Å². The molecule has 0 aliphatic heterocycles. The van der Waals surface area contributed by atoms with Crippen LogP contribution in [0.4, 0.5) is 11.8 Å². The second-order valence-corrected chi connectivity index (χ2v) is 5.22. The van der Waals surface area contributed by atoms with E-state index in [4.69, 9.17) is 0 Å². The van der Waals surface area contributed by atoms with Crippen molar-refractivity contribution in [2.75, 3.05) is 30.9 Å². The van der Waals surface area contributed by atoms with Crippen molar-refractivity contribution in [2.45, 2.75) is 13.3 Å². The van der Waals surface area contributed by atoms with Crippen LogP contribution in [0.1, 0.15) is 10.6 Å². The first-order chi connectivity index (χ1) is 8.69. The van der Waals surface area contributed by atoms with Crippen molar-refractivity contribution in [1.82, 2.24) is 9.97 Å². The second-order valence-electron chi connectivity index (χ2n) is 4.19. The SMILES string of the molecule is CNc1nc(C)cc(N(C)CCc2cccs2)n1. The maximum atomic E-state index is 4.46. The van der Waals surface area contributed by atoms with E-state index in [-0.39, 0.29) is 0 Å². The lowest BCUT2D eigenvalue weighted by Crippen LogP contribution is -2.21. The van der Waals surface area contributed by atoms with Crippen LogP contribution >= 0.6 is 11.3 Å². The zero-order chi connectivity index (χ0) is 13.0. The fourth-order valence-corrected chi connectivity index (χ4v) is 2.40. The predicted molar refractivity (Wildman–Crippen MR) is 77.6 cm³/mol. The molecular formula is C13H18N4S. The molecular weight excluding hydrogens is 244 g/mol. The number of rotatable bonds is 5. The normalized spacial score (nSPS) is 10.4. The molecule has 0 aliphatic rings. The molecule has 2 rings (SSSR count). The van der Waals surface area contributed by atoms with Gasteiger partial charge in [0.2, 0.25) is 5.95 Å². The number of likely N-dealkylation sites (N-methyl/N-ethyl adjacent to an activating group) is 1. The monoisotopic (exact) mass is 262 g/mol. The van der Waals surface area contributed by atoms with Crippen LogP contribution < -0.4 is 10.2 Å². The van der Waals surface area contributed by atoms with E-state index in [1.165, 1.54) is 4.88 Å². The molecule has 1 N–H and O–H groups in total. The van der Waals surface area contributed by atoms with Crippen LogP contribution in [0.2, 0.25) is 0 Å². The first-order valence-corrected chi connectivity index (χ1v) is 6.84. The zero-order valence-electron chi connectivity index (χ0n) is 11.0. The Morgan fingerprint density at radius 2 is 2.22 bits per heavy atom. The van der Waals surface area contributed by atoms with Crippen molar-refractivity contribution >= 4 is 23.1 Å². The van der Waals surface area contributed by atoms with E-state index in [1.54, 1.807) is 11.3 Å². The third-order valence-corrected chi connectivity index (χ3v) is 3.67. The van der Waals surface area contributed by atoms with Crippen LogP contribution in [0.5, 0.6) is 0 Å². The molecule has 96 valence electrons. The van der Waals surface area contributed by atoms with Gasteiger partial charge in [-0.1, -0.05) is 6.07 Å². The average Bonchev–Trinajstić information content (AvgIpc) is 2.88. The van der Waals surface area contributed by atoms with Gasteiger partial charge in [-0.05, 0) is 24.8 Å². The van der Waals surface area contributed by atoms with Gasteiger partial charge in [0.05, 0.1) is 0 Å². The van der Waals surface area contributed by atoms with Crippen molar-refractivity contribution < 1.29 is 0 Å². The highest BCUT2D eigenvalue weighted by Crippen LogP contribution is 2.15. The van der Waals surface area contributed by atoms with E-state index in [9.17, 15) is 0 Å². The fourth-order valence-electron chi connectivity index (χ4n) is 1.71. The highest BCUT2D eigenvalue weighted by molar-refractivity contribution is 7.09. The largest absolute Gasteiger partial charge is 0.359 e. The summed E-state index contributed by atoms with van der Waals surface area (Å²) in [5.74, 6) is 1.64. The molecule has 0 amide bonds. The van der Waals surface area contributed by atoms with Gasteiger partial charge in [-0.3, -0.25) is 0 Å². The van der Waals surface area contributed by atoms with Gasteiger partial charge in [0.1, 0.15) is 5.82 Å². The van der Waals surface area contributed by atoms with Gasteiger partial charge >= 0.3 is 0 Å². The number of thiophene rings is 1. The summed E-state index contributed by atoms with van der Waals surface area (Å²) in [6.45, 7) is 2.94. The van der Waals surface area contributed by atoms with Crippen LogP contribution in [-0.4, -0.2) is 30.6 Å². The standard InChI is InChI=1S/C13H18N4S/c1-10-9-12(16-13(14-2)15-10)17(3)7-6-11-5-4-8-18-11/h4-5,8-9H,6-7H2,1-3H3,(H,14,15,16). The number of aryl methyl sites for hydroxylation is 1. The number of nitrogens with zero attached hydrogens (tertiary/aromatic N) is 3. The third-order valence-electron chi connectivity index (χ3n) is 2.73. The van der Waals surface area contributed by atoms with Crippen LogP contribution in [-0.2, 0) is 6.42 Å². The summed E-state index contributed by atoms with van der Waals surface area (Å²) in [7, 11) is 3.90. The quantitative estimate of drug-likeness (QED) is 0.899. The Morgan fingerprint density at radius 3 is 2.89 bits per heavy atom. The number of hydrogen-bond acceptors (Lipinski definition) is 5. The van der Waals surface area contributed by atoms with E-state index in [0.29, 0.717) is 5.95 Å². The molecule has 0 aromatic carbocycles. The molecule has 4 nitrogen and oxygen atoms in total. The molecule has 0 unspecified atom stereocenters. The summed E-state index contributed by atoms with van der Waals surface area (Å²) < 4.78 is 0. The van der Waals surface area contributed by atoms with E-state index in [1.807, 2.05) is 20.0 Å². The molecule has 0 atom stereocenters. The minimum Gasteiger partial charge on any atom is -0.359 e. The molecule has 18 heavy (non-hydrogen) atoms. The highest BCUT2D eigenvalue weighted by Gasteiger charge is 2.06. The molecule has 0 saturated carbocycles. The Kier molecular flexibility index (Phi) is 4.15. The van der Waals surface area contributed by atoms with Crippen molar-refractivity contribution in [3.63, 3.8) is 0 Å². The van der Waals surface area contributed by atoms with Gasteiger partial charge in [0.15, 0.2) is 0 Å². The molecule has 2 aromatic heterocycles. The number of aromatic nitrogens is 2. The number of nitrogens with one attached hydrogen (secondary N) is 1. The van der Waals surface area contributed by atoms with Gasteiger partial charge in [-0.2, -0.15) is 4.98 Å². The Hall–Kier alpha value is -1.62. The summed E-state index contributed by atoms with van der Waals surface area (Å²) in [5.41, 5.74) is 0.979. The number of hydrogen-bond donors (Lipinski definition) is 1. The third kappa shape index (κ3) is 3.20. The molecule has 5 heteroatoms. The molecule has 0 aliphatic carbocycles. The van der Waals surface area contributed by atoms with Crippen LogP contribution in [0.25, 0.3) is 0 Å². The van der Waals surface area contributed by atoms with E-state index in [2.05, 4.69) is 44.7 Å². The summed E-state index contributed by atoms with van der Waals surface area (Å²) >= 11 is 1.80. The maximum absolute atomic E-state index is 4.46. The highest BCUT2D eigenvalue weighted by atomic mass is 32.1. The number of anilines is 2. The Morgan fingerprint density at radius 1 is 1.39 bits per heavy atom. The zero-order valence-corrected chi connectivity index (χ0v) is 11.8. The second kappa shape index (κ2) is 5.82. The Labute approximate surface area is 112 Å². The molecule has 0 radical (unpaired) electrons. The van der Waals surface area contributed by atoms with E-state index >= 15 is 0 Å².